The van der Waals surface area contributed by atoms with E-state index in [2.05, 4.69) is 39.9 Å². The summed E-state index contributed by atoms with van der Waals surface area (Å²) in [6.45, 7) is 2.37. The fourth-order valence-corrected chi connectivity index (χ4v) is 4.58. The van der Waals surface area contributed by atoms with Gasteiger partial charge in [0.2, 0.25) is 0 Å². The summed E-state index contributed by atoms with van der Waals surface area (Å²) in [4.78, 5) is 23.6. The fraction of sp³-hybridized carbons (Fsp3) is 0.333. The van der Waals surface area contributed by atoms with Gasteiger partial charge in [-0.3, -0.25) is 4.79 Å². The summed E-state index contributed by atoms with van der Waals surface area (Å²) >= 11 is 0. The Bertz CT molecular complexity index is 1090. The third kappa shape index (κ3) is 3.71. The molecule has 0 unspecified atom stereocenters. The van der Waals surface area contributed by atoms with Gasteiger partial charge in [0.05, 0.1) is 12.2 Å². The second kappa shape index (κ2) is 7.98. The summed E-state index contributed by atoms with van der Waals surface area (Å²) in [5.41, 5.74) is 5.23. The molecule has 1 saturated carbocycles. The maximum Gasteiger partial charge on any atom is 0.407 e. The van der Waals surface area contributed by atoms with Gasteiger partial charge in [-0.05, 0) is 41.0 Å². The average molecular weight is 416 g/mol. The van der Waals surface area contributed by atoms with Crippen LogP contribution >= 0.6 is 0 Å². The van der Waals surface area contributed by atoms with Gasteiger partial charge in [-0.2, -0.15) is 0 Å². The minimum atomic E-state index is -0.384. The Hall–Kier alpha value is -3.48. The number of ether oxygens (including phenoxy) is 1. The van der Waals surface area contributed by atoms with Crippen LogP contribution in [-0.2, 0) is 4.74 Å². The predicted molar refractivity (Wildman–Crippen MR) is 115 cm³/mol. The van der Waals surface area contributed by atoms with Gasteiger partial charge < -0.3 is 10.1 Å². The van der Waals surface area contributed by atoms with E-state index >= 15 is 0 Å². The molecule has 1 amide bonds. The van der Waals surface area contributed by atoms with Gasteiger partial charge >= 0.3 is 6.09 Å². The zero-order valence-electron chi connectivity index (χ0n) is 17.3. The number of carbonyl (C=O) groups excluding carboxylic acids is 2. The van der Waals surface area contributed by atoms with Gasteiger partial charge in [0, 0.05) is 19.4 Å². The molecule has 7 heteroatoms. The lowest BCUT2D eigenvalue weighted by Gasteiger charge is -2.34. The Balaban J connectivity index is 1.11. The quantitative estimate of drug-likeness (QED) is 0.615. The van der Waals surface area contributed by atoms with Gasteiger partial charge in [0.1, 0.15) is 12.3 Å². The van der Waals surface area contributed by atoms with E-state index in [1.807, 2.05) is 24.3 Å². The lowest BCUT2D eigenvalue weighted by atomic mass is 9.80. The minimum absolute atomic E-state index is 0.0639. The van der Waals surface area contributed by atoms with Gasteiger partial charge in [0.15, 0.2) is 5.78 Å². The van der Waals surface area contributed by atoms with Crippen LogP contribution in [0.3, 0.4) is 0 Å². The number of nitrogens with zero attached hydrogens (tertiary/aromatic N) is 3. The van der Waals surface area contributed by atoms with Crippen LogP contribution in [0.4, 0.5) is 4.79 Å². The standard InChI is InChI=1S/C24H24N4O3/c1-15(29)23-13-28(27-26-23)17-10-16(11-17)12-25-24(30)31-14-22-20-8-4-2-6-18(20)19-7-3-5-9-21(19)22/h2-9,13,16-17,22H,10-12,14H2,1H3,(H,25,30). The fourth-order valence-electron chi connectivity index (χ4n) is 4.58. The van der Waals surface area contributed by atoms with Crippen molar-refractivity contribution in [2.45, 2.75) is 31.7 Å². The largest absolute Gasteiger partial charge is 0.449 e. The molecule has 3 aromatic rings. The first-order chi connectivity index (χ1) is 15.1. The monoisotopic (exact) mass is 416 g/mol. The molecule has 0 aliphatic heterocycles. The van der Waals surface area contributed by atoms with E-state index in [4.69, 9.17) is 4.74 Å². The summed E-state index contributed by atoms with van der Waals surface area (Å²) in [6, 6.07) is 16.8. The smallest absolute Gasteiger partial charge is 0.407 e. The van der Waals surface area contributed by atoms with Crippen molar-refractivity contribution in [3.8, 4) is 11.1 Å². The van der Waals surface area contributed by atoms with Crippen LogP contribution in [0.5, 0.6) is 0 Å². The predicted octanol–water partition coefficient (Wildman–Crippen LogP) is 3.97. The molecule has 2 aromatic carbocycles. The third-order valence-corrected chi connectivity index (χ3v) is 6.33. The van der Waals surface area contributed by atoms with Crippen molar-refractivity contribution in [3.05, 3.63) is 71.5 Å². The van der Waals surface area contributed by atoms with Crippen LogP contribution in [0.1, 0.15) is 53.3 Å². The molecule has 1 aromatic heterocycles. The van der Waals surface area contributed by atoms with E-state index in [9.17, 15) is 9.59 Å². The number of nitrogens with one attached hydrogen (secondary N) is 1. The van der Waals surface area contributed by atoms with Crippen molar-refractivity contribution in [1.82, 2.24) is 20.3 Å². The van der Waals surface area contributed by atoms with Crippen LogP contribution in [0.2, 0.25) is 0 Å². The maximum atomic E-state index is 12.3. The van der Waals surface area contributed by atoms with Crippen molar-refractivity contribution in [2.24, 2.45) is 5.92 Å². The number of hydrogen-bond donors (Lipinski definition) is 1. The van der Waals surface area contributed by atoms with E-state index in [0.717, 1.165) is 12.8 Å². The topological polar surface area (TPSA) is 86.1 Å². The molecule has 0 atom stereocenters. The summed E-state index contributed by atoms with van der Waals surface area (Å²) in [6.07, 6.45) is 3.10. The second-order valence-electron chi connectivity index (χ2n) is 8.34. The van der Waals surface area contributed by atoms with Crippen LogP contribution < -0.4 is 5.32 Å². The molecule has 1 fully saturated rings. The molecule has 0 saturated heterocycles. The molecule has 0 bridgehead atoms. The molecule has 5 rings (SSSR count). The molecule has 2 aliphatic carbocycles. The van der Waals surface area contributed by atoms with Crippen LogP contribution in [-0.4, -0.2) is 40.0 Å². The van der Waals surface area contributed by atoms with Crippen LogP contribution in [0.25, 0.3) is 11.1 Å². The number of Topliss-reactive ketones (excluding diaryl/α,β-unsaturated/α-hetero) is 1. The van der Waals surface area contributed by atoms with Gasteiger partial charge in [0.25, 0.3) is 0 Å². The first kappa shape index (κ1) is 19.5. The van der Waals surface area contributed by atoms with Crippen molar-refractivity contribution in [1.29, 1.82) is 0 Å². The minimum Gasteiger partial charge on any atom is -0.449 e. The molecule has 158 valence electrons. The number of carbonyl (C=O) groups is 2. The highest BCUT2D eigenvalue weighted by Gasteiger charge is 2.32. The number of hydrogen-bond acceptors (Lipinski definition) is 5. The highest BCUT2D eigenvalue weighted by molar-refractivity contribution is 5.91. The average Bonchev–Trinajstić information content (AvgIpc) is 3.35. The number of fused-ring (bicyclic) bond motifs is 3. The Morgan fingerprint density at radius 3 is 2.32 bits per heavy atom. The van der Waals surface area contributed by atoms with Crippen LogP contribution in [0, 0.1) is 5.92 Å². The first-order valence-electron chi connectivity index (χ1n) is 10.6. The molecular formula is C24H24N4O3. The molecule has 2 aliphatic rings. The van der Waals surface area contributed by atoms with Gasteiger partial charge in [-0.25, -0.2) is 9.48 Å². The first-order valence-corrected chi connectivity index (χ1v) is 10.6. The molecule has 0 radical (unpaired) electrons. The lowest BCUT2D eigenvalue weighted by molar-refractivity contribution is 0.101. The number of amides is 1. The summed E-state index contributed by atoms with van der Waals surface area (Å²) in [7, 11) is 0. The van der Waals surface area contributed by atoms with Crippen molar-refractivity contribution < 1.29 is 14.3 Å². The molecule has 1 N–H and O–H groups in total. The maximum absolute atomic E-state index is 12.3. The van der Waals surface area contributed by atoms with E-state index in [-0.39, 0.29) is 23.8 Å². The molecule has 1 heterocycles. The zero-order chi connectivity index (χ0) is 21.4. The zero-order valence-corrected chi connectivity index (χ0v) is 17.3. The number of aromatic nitrogens is 3. The normalized spacial score (nSPS) is 19.3. The summed E-state index contributed by atoms with van der Waals surface area (Å²) in [5, 5.41) is 10.8. The lowest BCUT2D eigenvalue weighted by Crippen LogP contribution is -2.37. The number of rotatable bonds is 6. The highest BCUT2D eigenvalue weighted by Crippen LogP contribution is 2.44. The number of alkyl carbamates (subject to hydrolysis) is 1. The Morgan fingerprint density at radius 1 is 1.06 bits per heavy atom. The van der Waals surface area contributed by atoms with E-state index in [1.54, 1.807) is 10.9 Å². The van der Waals surface area contributed by atoms with E-state index in [0.29, 0.717) is 24.8 Å². The Morgan fingerprint density at radius 2 is 1.71 bits per heavy atom. The molecular weight excluding hydrogens is 392 g/mol. The Labute approximate surface area is 180 Å². The SMILES string of the molecule is CC(=O)c1cn(C2CC(CNC(=O)OCC3c4ccccc4-c4ccccc43)C2)nn1. The highest BCUT2D eigenvalue weighted by atomic mass is 16.5. The molecule has 31 heavy (non-hydrogen) atoms. The van der Waals surface area contributed by atoms with Crippen molar-refractivity contribution in [2.75, 3.05) is 13.2 Å². The number of benzene rings is 2. The van der Waals surface area contributed by atoms with E-state index < -0.39 is 0 Å². The molecule has 7 nitrogen and oxygen atoms in total. The summed E-state index contributed by atoms with van der Waals surface area (Å²) in [5.74, 6) is 0.350. The van der Waals surface area contributed by atoms with Crippen molar-refractivity contribution in [3.63, 3.8) is 0 Å². The second-order valence-corrected chi connectivity index (χ2v) is 8.34. The summed E-state index contributed by atoms with van der Waals surface area (Å²) < 4.78 is 7.34. The van der Waals surface area contributed by atoms with E-state index in [1.165, 1.54) is 29.2 Å². The Kier molecular flexibility index (Phi) is 5.02. The van der Waals surface area contributed by atoms with Gasteiger partial charge in [-0.1, -0.05) is 53.7 Å². The number of ketones is 1. The van der Waals surface area contributed by atoms with Gasteiger partial charge in [-0.15, -0.1) is 5.10 Å². The van der Waals surface area contributed by atoms with Crippen molar-refractivity contribution >= 4 is 11.9 Å². The van der Waals surface area contributed by atoms with Crippen LogP contribution in [0.15, 0.2) is 54.7 Å². The third-order valence-electron chi connectivity index (χ3n) is 6.33. The molecule has 0 spiro atoms.